The SMILES string of the molecule is N#Cc1ccccc1S(=O)(=O)N1C2CCC1CC(Oc1ccccn1)C2. The Balaban J connectivity index is 1.58. The van der Waals surface area contributed by atoms with Crippen LogP contribution in [0.15, 0.2) is 53.6 Å². The minimum Gasteiger partial charge on any atom is -0.474 e. The number of pyridine rings is 1. The Kier molecular flexibility index (Phi) is 4.39. The molecule has 3 heterocycles. The van der Waals surface area contributed by atoms with Crippen LogP contribution >= 0.6 is 0 Å². The van der Waals surface area contributed by atoms with Gasteiger partial charge in [-0.25, -0.2) is 13.4 Å². The highest BCUT2D eigenvalue weighted by Gasteiger charge is 2.48. The summed E-state index contributed by atoms with van der Waals surface area (Å²) in [5, 5.41) is 9.27. The number of rotatable bonds is 4. The molecule has 0 saturated carbocycles. The molecule has 1 aromatic heterocycles. The van der Waals surface area contributed by atoms with Crippen molar-refractivity contribution in [3.05, 3.63) is 54.2 Å². The molecule has 0 aliphatic carbocycles. The number of fused-ring (bicyclic) bond motifs is 2. The third kappa shape index (κ3) is 2.96. The van der Waals surface area contributed by atoms with Gasteiger partial charge in [0.1, 0.15) is 12.2 Å². The molecule has 4 rings (SSSR count). The highest BCUT2D eigenvalue weighted by molar-refractivity contribution is 7.89. The molecule has 26 heavy (non-hydrogen) atoms. The molecule has 2 fully saturated rings. The normalized spacial score (nSPS) is 25.6. The van der Waals surface area contributed by atoms with Gasteiger partial charge < -0.3 is 4.74 Å². The summed E-state index contributed by atoms with van der Waals surface area (Å²) < 4.78 is 34.0. The monoisotopic (exact) mass is 369 g/mol. The van der Waals surface area contributed by atoms with Crippen molar-refractivity contribution in [2.24, 2.45) is 0 Å². The molecule has 1 aromatic carbocycles. The van der Waals surface area contributed by atoms with E-state index in [0.29, 0.717) is 18.7 Å². The molecular weight excluding hydrogens is 350 g/mol. The fourth-order valence-electron chi connectivity index (χ4n) is 4.06. The van der Waals surface area contributed by atoms with E-state index in [4.69, 9.17) is 4.74 Å². The predicted molar refractivity (Wildman–Crippen MR) is 94.9 cm³/mol. The molecule has 2 aliphatic rings. The molecular formula is C19H19N3O3S. The Hall–Kier alpha value is -2.43. The van der Waals surface area contributed by atoms with Crippen molar-refractivity contribution in [3.8, 4) is 11.9 Å². The van der Waals surface area contributed by atoms with Crippen molar-refractivity contribution >= 4 is 10.0 Å². The number of nitriles is 1. The molecule has 0 spiro atoms. The Morgan fingerprint density at radius 2 is 1.77 bits per heavy atom. The lowest BCUT2D eigenvalue weighted by atomic mass is 10.0. The van der Waals surface area contributed by atoms with Crippen LogP contribution in [0.2, 0.25) is 0 Å². The van der Waals surface area contributed by atoms with Crippen LogP contribution < -0.4 is 4.74 Å². The minimum absolute atomic E-state index is 0.0416. The van der Waals surface area contributed by atoms with Gasteiger partial charge in [0.15, 0.2) is 0 Å². The lowest BCUT2D eigenvalue weighted by molar-refractivity contribution is 0.0918. The van der Waals surface area contributed by atoms with Gasteiger partial charge in [-0.05, 0) is 31.0 Å². The molecule has 0 amide bonds. The quantitative estimate of drug-likeness (QED) is 0.827. The van der Waals surface area contributed by atoms with E-state index in [0.717, 1.165) is 12.8 Å². The van der Waals surface area contributed by atoms with Crippen LogP contribution in [-0.2, 0) is 10.0 Å². The smallest absolute Gasteiger partial charge is 0.244 e. The Morgan fingerprint density at radius 3 is 2.42 bits per heavy atom. The number of nitrogens with zero attached hydrogens (tertiary/aromatic N) is 3. The number of ether oxygens (including phenoxy) is 1. The number of aromatic nitrogens is 1. The van der Waals surface area contributed by atoms with Crippen molar-refractivity contribution < 1.29 is 13.2 Å². The zero-order valence-electron chi connectivity index (χ0n) is 14.2. The molecule has 0 N–H and O–H groups in total. The van der Waals surface area contributed by atoms with Crippen molar-refractivity contribution in [1.29, 1.82) is 5.26 Å². The molecule has 2 aromatic rings. The Bertz CT molecular complexity index is 926. The van der Waals surface area contributed by atoms with E-state index in [1.807, 2.05) is 24.3 Å². The number of piperidine rings is 1. The van der Waals surface area contributed by atoms with Gasteiger partial charge in [0.25, 0.3) is 0 Å². The second-order valence-electron chi connectivity index (χ2n) is 6.71. The van der Waals surface area contributed by atoms with E-state index in [-0.39, 0.29) is 28.6 Å². The van der Waals surface area contributed by atoms with Crippen LogP contribution in [0.5, 0.6) is 5.88 Å². The summed E-state index contributed by atoms with van der Waals surface area (Å²) in [4.78, 5) is 4.29. The fraction of sp³-hybridized carbons (Fsp3) is 0.368. The first kappa shape index (κ1) is 17.0. The third-order valence-corrected chi connectivity index (χ3v) is 7.17. The van der Waals surface area contributed by atoms with Gasteiger partial charge in [0.2, 0.25) is 15.9 Å². The van der Waals surface area contributed by atoms with Crippen molar-refractivity contribution in [2.75, 3.05) is 0 Å². The van der Waals surface area contributed by atoms with E-state index < -0.39 is 10.0 Å². The summed E-state index contributed by atoms with van der Waals surface area (Å²) in [7, 11) is -3.70. The summed E-state index contributed by atoms with van der Waals surface area (Å²) in [5.41, 5.74) is 0.193. The summed E-state index contributed by atoms with van der Waals surface area (Å²) in [6.07, 6.45) is 4.56. The van der Waals surface area contributed by atoms with E-state index in [1.165, 1.54) is 6.07 Å². The molecule has 2 atom stereocenters. The number of sulfonamides is 1. The number of hydrogen-bond donors (Lipinski definition) is 0. The van der Waals surface area contributed by atoms with Crippen LogP contribution in [0.1, 0.15) is 31.2 Å². The summed E-state index contributed by atoms with van der Waals surface area (Å²) in [6.45, 7) is 0. The maximum Gasteiger partial charge on any atom is 0.244 e. The fourth-order valence-corrected chi connectivity index (χ4v) is 6.10. The lowest BCUT2D eigenvalue weighted by Gasteiger charge is -2.37. The van der Waals surface area contributed by atoms with Crippen LogP contribution in [0.4, 0.5) is 0 Å². The van der Waals surface area contributed by atoms with E-state index >= 15 is 0 Å². The van der Waals surface area contributed by atoms with E-state index in [2.05, 4.69) is 4.98 Å². The van der Waals surface area contributed by atoms with Gasteiger partial charge in [-0.1, -0.05) is 18.2 Å². The van der Waals surface area contributed by atoms with E-state index in [9.17, 15) is 13.7 Å². The maximum absolute atomic E-state index is 13.2. The summed E-state index contributed by atoms with van der Waals surface area (Å²) in [5.74, 6) is 0.572. The van der Waals surface area contributed by atoms with Gasteiger partial charge >= 0.3 is 0 Å². The average molecular weight is 369 g/mol. The van der Waals surface area contributed by atoms with Gasteiger partial charge in [0.05, 0.1) is 10.5 Å². The van der Waals surface area contributed by atoms with Crippen LogP contribution in [0.25, 0.3) is 0 Å². The highest BCUT2D eigenvalue weighted by Crippen LogP contribution is 2.41. The van der Waals surface area contributed by atoms with Crippen molar-refractivity contribution in [1.82, 2.24) is 9.29 Å². The topological polar surface area (TPSA) is 83.3 Å². The highest BCUT2D eigenvalue weighted by atomic mass is 32.2. The van der Waals surface area contributed by atoms with Gasteiger partial charge in [-0.2, -0.15) is 9.57 Å². The third-order valence-electron chi connectivity index (χ3n) is 5.11. The first-order valence-corrected chi connectivity index (χ1v) is 10.1. The maximum atomic E-state index is 13.2. The summed E-state index contributed by atoms with van der Waals surface area (Å²) >= 11 is 0. The van der Waals surface area contributed by atoms with Crippen LogP contribution in [-0.4, -0.2) is 35.9 Å². The van der Waals surface area contributed by atoms with Crippen LogP contribution in [0.3, 0.4) is 0 Å². The largest absolute Gasteiger partial charge is 0.474 e. The van der Waals surface area contributed by atoms with E-state index in [1.54, 1.807) is 28.7 Å². The van der Waals surface area contributed by atoms with Crippen molar-refractivity contribution in [2.45, 2.75) is 48.8 Å². The van der Waals surface area contributed by atoms with Crippen molar-refractivity contribution in [3.63, 3.8) is 0 Å². The molecule has 7 heteroatoms. The first-order chi connectivity index (χ1) is 12.6. The molecule has 0 radical (unpaired) electrons. The lowest BCUT2D eigenvalue weighted by Crippen LogP contribution is -2.49. The van der Waals surface area contributed by atoms with Crippen LogP contribution in [0, 0.1) is 11.3 Å². The molecule has 2 saturated heterocycles. The summed E-state index contributed by atoms with van der Waals surface area (Å²) in [6, 6.07) is 13.7. The second kappa shape index (κ2) is 6.71. The Labute approximate surface area is 153 Å². The molecule has 2 bridgehead atoms. The zero-order chi connectivity index (χ0) is 18.1. The number of benzene rings is 1. The molecule has 6 nitrogen and oxygen atoms in total. The first-order valence-electron chi connectivity index (χ1n) is 8.70. The average Bonchev–Trinajstić information content (AvgIpc) is 2.95. The Morgan fingerprint density at radius 1 is 1.08 bits per heavy atom. The van der Waals surface area contributed by atoms with Gasteiger partial charge in [-0.3, -0.25) is 0 Å². The molecule has 2 aliphatic heterocycles. The van der Waals surface area contributed by atoms with Gasteiger partial charge in [-0.15, -0.1) is 0 Å². The zero-order valence-corrected chi connectivity index (χ0v) is 15.0. The number of hydrogen-bond acceptors (Lipinski definition) is 5. The molecule has 134 valence electrons. The minimum atomic E-state index is -3.70. The second-order valence-corrected chi connectivity index (χ2v) is 8.52. The van der Waals surface area contributed by atoms with Gasteiger partial charge in [0, 0.05) is 37.2 Å². The molecule has 2 unspecified atom stereocenters. The standard InChI is InChI=1S/C19H19N3O3S/c20-13-14-5-1-2-6-18(14)26(23,24)22-15-8-9-16(22)12-17(11-15)25-19-7-3-4-10-21-19/h1-7,10,15-17H,8-9,11-12H2. The predicted octanol–water partition coefficient (Wildman–Crippen LogP) is 2.72.